The maximum Gasteiger partial charge on any atom is 0.285 e. The van der Waals surface area contributed by atoms with Crippen LogP contribution in [0.3, 0.4) is 0 Å². The van der Waals surface area contributed by atoms with E-state index in [1.807, 2.05) is 6.92 Å². The summed E-state index contributed by atoms with van der Waals surface area (Å²) in [4.78, 5) is 22.1. The van der Waals surface area contributed by atoms with Gasteiger partial charge in [0.1, 0.15) is 4.47 Å². The molecule has 0 aliphatic rings. The number of H-pyrrole nitrogens is 1. The monoisotopic (exact) mass is 311 g/mol. The maximum atomic E-state index is 11.9. The molecule has 6 nitrogen and oxygen atoms in total. The second-order valence-electron chi connectivity index (χ2n) is 3.68. The first-order valence-electron chi connectivity index (χ1n) is 5.28. The minimum atomic E-state index is -0.493. The normalized spacial score (nSPS) is 10.6. The largest absolute Gasteiger partial charge is 0.294 e. The predicted octanol–water partition coefficient (Wildman–Crippen LogP) is 2.40. The summed E-state index contributed by atoms with van der Waals surface area (Å²) in [6, 6.07) is 5.91. The Bertz CT molecular complexity index is 660. The van der Waals surface area contributed by atoms with Gasteiger partial charge in [-0.1, -0.05) is 13.0 Å². The maximum absolute atomic E-state index is 11.9. The first-order chi connectivity index (χ1) is 8.54. The van der Waals surface area contributed by atoms with Crippen molar-refractivity contribution < 1.29 is 4.92 Å². The van der Waals surface area contributed by atoms with Crippen LogP contribution in [0.2, 0.25) is 0 Å². The quantitative estimate of drug-likeness (QED) is 0.698. The molecule has 0 aliphatic heterocycles. The summed E-state index contributed by atoms with van der Waals surface area (Å²) in [5, 5.41) is 13.6. The third-order valence-electron chi connectivity index (χ3n) is 2.55. The van der Waals surface area contributed by atoms with E-state index in [1.54, 1.807) is 12.1 Å². The molecule has 1 aromatic heterocycles. The molecular weight excluding hydrogens is 302 g/mol. The molecule has 18 heavy (non-hydrogen) atoms. The molecule has 0 fully saturated rings. The zero-order chi connectivity index (χ0) is 13.3. The van der Waals surface area contributed by atoms with Crippen molar-refractivity contribution in [2.24, 2.45) is 0 Å². The van der Waals surface area contributed by atoms with Crippen LogP contribution in [0.25, 0.3) is 5.69 Å². The summed E-state index contributed by atoms with van der Waals surface area (Å²) >= 11 is 3.21. The lowest BCUT2D eigenvalue weighted by molar-refractivity contribution is -0.384. The van der Waals surface area contributed by atoms with Gasteiger partial charge in [-0.3, -0.25) is 20.0 Å². The zero-order valence-corrected chi connectivity index (χ0v) is 11.1. The molecule has 0 bridgehead atoms. The first kappa shape index (κ1) is 12.6. The molecule has 0 spiro atoms. The van der Waals surface area contributed by atoms with Crippen LogP contribution < -0.4 is 5.56 Å². The van der Waals surface area contributed by atoms with Gasteiger partial charge in [0.25, 0.3) is 11.2 Å². The van der Waals surface area contributed by atoms with Gasteiger partial charge in [0, 0.05) is 12.1 Å². The van der Waals surface area contributed by atoms with Crippen LogP contribution in [-0.4, -0.2) is 14.7 Å². The highest BCUT2D eigenvalue weighted by molar-refractivity contribution is 9.10. The second-order valence-corrected chi connectivity index (χ2v) is 4.47. The van der Waals surface area contributed by atoms with Crippen molar-refractivity contribution in [3.05, 3.63) is 54.9 Å². The zero-order valence-electron chi connectivity index (χ0n) is 9.51. The van der Waals surface area contributed by atoms with E-state index in [9.17, 15) is 14.9 Å². The number of aromatic nitrogens is 2. The van der Waals surface area contributed by atoms with Gasteiger partial charge in [-0.05, 0) is 28.4 Å². The molecule has 0 aliphatic carbocycles. The van der Waals surface area contributed by atoms with Gasteiger partial charge in [-0.15, -0.1) is 0 Å². The van der Waals surface area contributed by atoms with E-state index < -0.39 is 4.92 Å². The molecule has 7 heteroatoms. The topological polar surface area (TPSA) is 80.9 Å². The average Bonchev–Trinajstić information content (AvgIpc) is 2.66. The van der Waals surface area contributed by atoms with Crippen LogP contribution in [0.1, 0.15) is 12.6 Å². The van der Waals surface area contributed by atoms with Gasteiger partial charge in [0.15, 0.2) is 0 Å². The van der Waals surface area contributed by atoms with Crippen LogP contribution in [-0.2, 0) is 6.42 Å². The standard InChI is InChI=1S/C11H10BrN3O3/c1-2-9-10(12)11(16)14(13-9)7-4-3-5-8(6-7)15(17)18/h3-6,13H,2H2,1H3. The number of nitrogens with zero attached hydrogens (tertiary/aromatic N) is 2. The third-order valence-corrected chi connectivity index (χ3v) is 3.37. The second kappa shape index (κ2) is 4.77. The fourth-order valence-electron chi connectivity index (χ4n) is 1.62. The number of benzene rings is 1. The molecule has 0 saturated carbocycles. The smallest absolute Gasteiger partial charge is 0.285 e. The Labute approximate surface area is 111 Å². The van der Waals surface area contributed by atoms with Crippen molar-refractivity contribution in [3.63, 3.8) is 0 Å². The Hall–Kier alpha value is -1.89. The highest BCUT2D eigenvalue weighted by Gasteiger charge is 2.13. The fourth-order valence-corrected chi connectivity index (χ4v) is 2.17. The molecule has 94 valence electrons. The first-order valence-corrected chi connectivity index (χ1v) is 6.08. The SMILES string of the molecule is CCc1[nH]n(-c2cccc([N+](=O)[O-])c2)c(=O)c1Br. The Morgan fingerprint density at radius 2 is 2.22 bits per heavy atom. The molecule has 0 radical (unpaired) electrons. The summed E-state index contributed by atoms with van der Waals surface area (Å²) in [6.45, 7) is 1.91. The summed E-state index contributed by atoms with van der Waals surface area (Å²) in [5.41, 5.74) is 0.886. The molecular formula is C11H10BrN3O3. The van der Waals surface area contributed by atoms with Gasteiger partial charge in [0.2, 0.25) is 0 Å². The molecule has 1 N–H and O–H groups in total. The number of non-ortho nitro benzene ring substituents is 1. The number of rotatable bonds is 3. The summed E-state index contributed by atoms with van der Waals surface area (Å²) in [6.07, 6.45) is 0.664. The summed E-state index contributed by atoms with van der Waals surface area (Å²) in [7, 11) is 0. The lowest BCUT2D eigenvalue weighted by Gasteiger charge is -2.01. The van der Waals surface area contributed by atoms with Crippen LogP contribution in [0.4, 0.5) is 5.69 Å². The van der Waals surface area contributed by atoms with E-state index in [0.29, 0.717) is 16.6 Å². The highest BCUT2D eigenvalue weighted by atomic mass is 79.9. The molecule has 1 heterocycles. The van der Waals surface area contributed by atoms with Crippen LogP contribution in [0.15, 0.2) is 33.5 Å². The molecule has 2 rings (SSSR count). The Morgan fingerprint density at radius 1 is 1.50 bits per heavy atom. The van der Waals surface area contributed by atoms with E-state index in [4.69, 9.17) is 0 Å². The highest BCUT2D eigenvalue weighted by Crippen LogP contribution is 2.17. The lowest BCUT2D eigenvalue weighted by atomic mass is 10.3. The van der Waals surface area contributed by atoms with Crippen molar-refractivity contribution in [1.29, 1.82) is 0 Å². The Kier molecular flexibility index (Phi) is 3.33. The summed E-state index contributed by atoms with van der Waals surface area (Å²) < 4.78 is 1.74. The van der Waals surface area contributed by atoms with E-state index in [0.717, 1.165) is 5.69 Å². The molecule has 0 amide bonds. The lowest BCUT2D eigenvalue weighted by Crippen LogP contribution is -2.14. The number of nitro groups is 1. The van der Waals surface area contributed by atoms with Gasteiger partial charge in [-0.2, -0.15) is 0 Å². The van der Waals surface area contributed by atoms with E-state index in [1.165, 1.54) is 16.8 Å². The van der Waals surface area contributed by atoms with Crippen LogP contribution in [0, 0.1) is 10.1 Å². The van der Waals surface area contributed by atoms with E-state index in [-0.39, 0.29) is 11.2 Å². The van der Waals surface area contributed by atoms with Crippen LogP contribution >= 0.6 is 15.9 Å². The number of aryl methyl sites for hydroxylation is 1. The van der Waals surface area contributed by atoms with Gasteiger partial charge in [-0.25, -0.2) is 4.68 Å². The third kappa shape index (κ3) is 2.08. The molecule has 1 aromatic carbocycles. The van der Waals surface area contributed by atoms with Gasteiger partial charge >= 0.3 is 0 Å². The predicted molar refractivity (Wildman–Crippen MR) is 70.1 cm³/mol. The van der Waals surface area contributed by atoms with Gasteiger partial charge in [0.05, 0.1) is 16.3 Å². The number of hydrogen-bond acceptors (Lipinski definition) is 3. The average molecular weight is 312 g/mol. The van der Waals surface area contributed by atoms with Crippen molar-refractivity contribution in [2.45, 2.75) is 13.3 Å². The number of nitrogens with one attached hydrogen (secondary N) is 1. The van der Waals surface area contributed by atoms with Crippen molar-refractivity contribution in [2.75, 3.05) is 0 Å². The number of aromatic amines is 1. The van der Waals surface area contributed by atoms with E-state index >= 15 is 0 Å². The minimum absolute atomic E-state index is 0.0526. The Morgan fingerprint density at radius 3 is 2.78 bits per heavy atom. The number of hydrogen-bond donors (Lipinski definition) is 1. The van der Waals surface area contributed by atoms with Gasteiger partial charge < -0.3 is 0 Å². The molecule has 2 aromatic rings. The summed E-state index contributed by atoms with van der Waals surface area (Å²) in [5.74, 6) is 0. The fraction of sp³-hybridized carbons (Fsp3) is 0.182. The molecule has 0 saturated heterocycles. The van der Waals surface area contributed by atoms with Crippen molar-refractivity contribution in [3.8, 4) is 5.69 Å². The Balaban J connectivity index is 2.59. The van der Waals surface area contributed by atoms with Crippen molar-refractivity contribution >= 4 is 21.6 Å². The molecule has 0 atom stereocenters. The molecule has 0 unspecified atom stereocenters. The van der Waals surface area contributed by atoms with Crippen LogP contribution in [0.5, 0.6) is 0 Å². The number of halogens is 1. The minimum Gasteiger partial charge on any atom is -0.294 e. The number of nitro benzene ring substituents is 1. The van der Waals surface area contributed by atoms with E-state index in [2.05, 4.69) is 21.0 Å². The van der Waals surface area contributed by atoms with Crippen molar-refractivity contribution in [1.82, 2.24) is 9.78 Å².